The van der Waals surface area contributed by atoms with E-state index in [1.54, 1.807) is 4.90 Å². The Hall–Kier alpha value is -2.58. The van der Waals surface area contributed by atoms with Gasteiger partial charge in [-0.2, -0.15) is 4.21 Å². The van der Waals surface area contributed by atoms with Gasteiger partial charge in [-0.1, -0.05) is 54.4 Å². The minimum Gasteiger partial charge on any atom is -0.363 e. The molecule has 4 aliphatic rings. The molecule has 4 rings (SSSR count). The number of likely N-dealkylation sites (tertiary alicyclic amines) is 1. The highest BCUT2D eigenvalue weighted by Crippen LogP contribution is 2.66. The molecule has 6 N–H and O–H groups in total. The maximum atomic E-state index is 14.5. The molecule has 1 heterocycles. The second-order valence-corrected chi connectivity index (χ2v) is 21.5. The number of rotatable bonds is 12. The average molecular weight is 683 g/mol. The quantitative estimate of drug-likeness (QED) is 0.194. The number of Topliss-reactive ketones (excluding diaryl/α,β-unsaturated/α-hetero) is 1. The summed E-state index contributed by atoms with van der Waals surface area (Å²) in [5.74, 6) is -2.48. The lowest BCUT2D eigenvalue weighted by molar-refractivity contribution is -0.144. The van der Waals surface area contributed by atoms with Crippen molar-refractivity contribution in [2.24, 2.45) is 39.7 Å². The van der Waals surface area contributed by atoms with E-state index in [-0.39, 0.29) is 35.6 Å². The predicted octanol–water partition coefficient (Wildman–Crippen LogP) is 1.87. The molecule has 5 amide bonds. The van der Waals surface area contributed by atoms with Crippen LogP contribution >= 0.6 is 0 Å². The lowest BCUT2D eigenvalue weighted by Crippen LogP contribution is -2.63. The van der Waals surface area contributed by atoms with Crippen LogP contribution in [0.3, 0.4) is 0 Å². The van der Waals surface area contributed by atoms with Crippen LogP contribution in [0, 0.1) is 34.0 Å². The Bertz CT molecular complexity index is 1340. The van der Waals surface area contributed by atoms with Gasteiger partial charge < -0.3 is 26.6 Å². The van der Waals surface area contributed by atoms with Gasteiger partial charge in [-0.3, -0.25) is 23.7 Å². The van der Waals surface area contributed by atoms with Crippen molar-refractivity contribution in [2.45, 2.75) is 111 Å². The van der Waals surface area contributed by atoms with E-state index < -0.39 is 68.2 Å². The van der Waals surface area contributed by atoms with Gasteiger partial charge in [0.2, 0.25) is 17.6 Å². The van der Waals surface area contributed by atoms with Gasteiger partial charge in [-0.25, -0.2) is 9.10 Å². The smallest absolute Gasteiger partial charge is 0.315 e. The summed E-state index contributed by atoms with van der Waals surface area (Å²) in [6, 6.07) is -4.04. The van der Waals surface area contributed by atoms with Gasteiger partial charge in [0.1, 0.15) is 12.1 Å². The van der Waals surface area contributed by atoms with Crippen molar-refractivity contribution in [1.29, 1.82) is 0 Å². The number of urea groups is 1. The molecule has 1 aliphatic heterocycles. The van der Waals surface area contributed by atoms with Crippen molar-refractivity contribution in [2.75, 3.05) is 32.6 Å². The summed E-state index contributed by atoms with van der Waals surface area (Å²) in [7, 11) is -2.53. The van der Waals surface area contributed by atoms with E-state index in [0.29, 0.717) is 13.0 Å². The van der Waals surface area contributed by atoms with Gasteiger partial charge in [-0.15, -0.1) is 9.53 Å². The Labute approximate surface area is 279 Å². The summed E-state index contributed by atoms with van der Waals surface area (Å²) >= 11 is 0. The molecule has 0 aromatic carbocycles. The molecule has 6 atom stereocenters. The van der Waals surface area contributed by atoms with E-state index in [9.17, 15) is 32.7 Å². The number of nitrogens with two attached hydrogens (primary N) is 1. The number of nitrogens with zero attached hydrogens (tertiary/aromatic N) is 2. The first-order valence-corrected chi connectivity index (χ1v) is 19.6. The highest BCUT2D eigenvalue weighted by Gasteiger charge is 2.64. The summed E-state index contributed by atoms with van der Waals surface area (Å²) in [6.45, 7) is 11.7. The van der Waals surface area contributed by atoms with E-state index in [0.717, 1.165) is 38.5 Å². The topological polar surface area (TPSA) is 191 Å². The Kier molecular flexibility index (Phi) is 9.82. The normalized spacial score (nSPS) is 26.5. The van der Waals surface area contributed by atoms with Crippen LogP contribution in [0.25, 0.3) is 0 Å². The average Bonchev–Trinajstić information content (AvgIpc) is 3.82. The largest absolute Gasteiger partial charge is 0.363 e. The molecule has 0 bridgehead atoms. The molecule has 0 radical (unpaired) electrons. The van der Waals surface area contributed by atoms with Gasteiger partial charge >= 0.3 is 6.03 Å². The molecule has 1 saturated heterocycles. The van der Waals surface area contributed by atoms with Crippen molar-refractivity contribution < 1.29 is 32.7 Å². The summed E-state index contributed by atoms with van der Waals surface area (Å²) in [6.07, 6.45) is 8.57. The van der Waals surface area contributed by atoms with E-state index in [2.05, 4.69) is 16.0 Å². The first kappa shape index (κ1) is 37.2. The first-order chi connectivity index (χ1) is 21.3. The number of primary amides is 1. The van der Waals surface area contributed by atoms with Gasteiger partial charge in [0.25, 0.3) is 5.91 Å². The second kappa shape index (κ2) is 12.4. The number of nitrogens with one attached hydrogen (secondary N) is 3. The molecule has 14 heteroatoms. The molecule has 268 valence electrons. The van der Waals surface area contributed by atoms with Crippen LogP contribution in [0.5, 0.6) is 0 Å². The second-order valence-electron chi connectivity index (χ2n) is 17.4. The lowest BCUT2D eigenvalue weighted by atomic mass is 9.85. The number of hydrogen-bond donors (Lipinski definition) is 5. The summed E-state index contributed by atoms with van der Waals surface area (Å²) < 4.78 is 24.7. The number of amides is 5. The maximum absolute atomic E-state index is 14.5. The van der Waals surface area contributed by atoms with Gasteiger partial charge in [0, 0.05) is 38.7 Å². The number of hydrogen-bond acceptors (Lipinski definition) is 6. The van der Waals surface area contributed by atoms with Crippen molar-refractivity contribution in [3.05, 3.63) is 0 Å². The summed E-state index contributed by atoms with van der Waals surface area (Å²) in [5.41, 5.74) is 4.21. The third kappa shape index (κ3) is 8.54. The van der Waals surface area contributed by atoms with Gasteiger partial charge in [0.05, 0.1) is 6.04 Å². The molecule has 4 fully saturated rings. The third-order valence-corrected chi connectivity index (χ3v) is 13.0. The SMILES string of the molecule is CN(C[C@@H](NC(=O)N[C@H](C(=O)N1C[C@H]2[C@H](CCC23CC3)[C@H]1C(=O)NC(CC1CC1)C(=O)C(N)=O)C(C)(C)C)C(C)(C)C)S(C)(C)(=O)O. The minimum absolute atomic E-state index is 0.0891. The van der Waals surface area contributed by atoms with Crippen LogP contribution in [0.1, 0.15) is 86.5 Å². The van der Waals surface area contributed by atoms with Crippen LogP contribution in [-0.2, 0) is 28.7 Å². The minimum atomic E-state index is -4.06. The van der Waals surface area contributed by atoms with Crippen LogP contribution in [0.15, 0.2) is 0 Å². The van der Waals surface area contributed by atoms with Crippen LogP contribution in [0.4, 0.5) is 4.79 Å². The predicted molar refractivity (Wildman–Crippen MR) is 180 cm³/mol. The Morgan fingerprint density at radius 2 is 1.55 bits per heavy atom. The Morgan fingerprint density at radius 1 is 0.957 bits per heavy atom. The fourth-order valence-corrected chi connectivity index (χ4v) is 7.98. The van der Waals surface area contributed by atoms with Crippen molar-refractivity contribution in [3.8, 4) is 0 Å². The monoisotopic (exact) mass is 682 g/mol. The Morgan fingerprint density at radius 3 is 2.02 bits per heavy atom. The van der Waals surface area contributed by atoms with Crippen molar-refractivity contribution >= 4 is 39.1 Å². The molecule has 47 heavy (non-hydrogen) atoms. The molecule has 0 aromatic heterocycles. The van der Waals surface area contributed by atoms with E-state index in [1.165, 1.54) is 23.9 Å². The number of carbonyl (C=O) groups is 5. The highest BCUT2D eigenvalue weighted by atomic mass is 32.3. The number of carbonyl (C=O) groups excluding carboxylic acids is 5. The zero-order chi connectivity index (χ0) is 35.5. The summed E-state index contributed by atoms with van der Waals surface area (Å²) in [4.78, 5) is 68.4. The number of fused-ring (bicyclic) bond motifs is 2. The molecule has 3 saturated carbocycles. The molecule has 0 aromatic rings. The number of ketones is 1. The fraction of sp³-hybridized carbons (Fsp3) is 0.848. The first-order valence-electron chi connectivity index (χ1n) is 16.9. The van der Waals surface area contributed by atoms with E-state index in [4.69, 9.17) is 5.73 Å². The molecule has 1 unspecified atom stereocenters. The van der Waals surface area contributed by atoms with Crippen LogP contribution < -0.4 is 21.7 Å². The third-order valence-electron chi connectivity index (χ3n) is 11.1. The van der Waals surface area contributed by atoms with Crippen molar-refractivity contribution in [1.82, 2.24) is 25.2 Å². The molecule has 13 nitrogen and oxygen atoms in total. The fourth-order valence-electron chi connectivity index (χ4n) is 7.40. The van der Waals surface area contributed by atoms with Gasteiger partial charge in [-0.05, 0) is 66.1 Å². The molecular weight excluding hydrogens is 624 g/mol. The maximum Gasteiger partial charge on any atom is 0.315 e. The standard InChI is InChI=1S/C33H58N6O7S/c1-31(2,3)23(18-38(7)47(8,9,45)46)36-30(44)37-26(32(4,5)6)29(43)39-17-21-20(12-13-33(21)14-15-33)24(39)28(42)35-22(16-19-10-11-19)25(40)27(34)41/h19-24,26H,10-18H2,1-9H3,(H2,34,41)(H,35,42)(H,45,46)(H2,36,37,44)/t20-,21-,22?,23+,24-,26+/m0/s1. The molecule has 1 spiro atoms. The highest BCUT2D eigenvalue weighted by molar-refractivity contribution is 8.11. The number of likely N-dealkylation sites (N-methyl/N-ethyl adjacent to an activating group) is 1. The molecular formula is C33H58N6O7S. The van der Waals surface area contributed by atoms with Crippen LogP contribution in [0.2, 0.25) is 0 Å². The summed E-state index contributed by atoms with van der Waals surface area (Å²) in [5, 5.41) is 8.65. The van der Waals surface area contributed by atoms with Crippen LogP contribution in [-0.4, -0.2) is 104 Å². The van der Waals surface area contributed by atoms with Gasteiger partial charge in [0.15, 0.2) is 0 Å². The van der Waals surface area contributed by atoms with E-state index in [1.807, 2.05) is 41.5 Å². The zero-order valence-electron chi connectivity index (χ0n) is 29.7. The van der Waals surface area contributed by atoms with Crippen molar-refractivity contribution in [3.63, 3.8) is 0 Å². The Balaban J connectivity index is 1.57. The van der Waals surface area contributed by atoms with E-state index >= 15 is 0 Å². The zero-order valence-corrected chi connectivity index (χ0v) is 30.5. The lowest BCUT2D eigenvalue weighted by Gasteiger charge is -2.46. The molecule has 3 aliphatic carbocycles.